The molecule has 3 aromatic rings. The second-order valence-corrected chi connectivity index (χ2v) is 8.19. The average molecular weight is 484 g/mol. The van der Waals surface area contributed by atoms with E-state index in [1.807, 2.05) is 41.1 Å². The number of ether oxygens (including phenoxy) is 3. The monoisotopic (exact) mass is 482 g/mol. The van der Waals surface area contributed by atoms with E-state index in [9.17, 15) is 0 Å². The summed E-state index contributed by atoms with van der Waals surface area (Å²) in [5.74, 6) is -0.278. The van der Waals surface area contributed by atoms with E-state index >= 15 is 0 Å². The third-order valence-electron chi connectivity index (χ3n) is 4.40. The summed E-state index contributed by atoms with van der Waals surface area (Å²) in [6, 6.07) is 12.9. The molecule has 2 heterocycles. The van der Waals surface area contributed by atoms with Crippen LogP contribution in [0.3, 0.4) is 0 Å². The van der Waals surface area contributed by atoms with Crippen molar-refractivity contribution in [2.75, 3.05) is 13.2 Å². The molecule has 2 aromatic carbocycles. The van der Waals surface area contributed by atoms with Gasteiger partial charge in [-0.2, -0.15) is 0 Å². The summed E-state index contributed by atoms with van der Waals surface area (Å²) in [7, 11) is 0. The van der Waals surface area contributed by atoms with Crippen LogP contribution in [0.1, 0.15) is 5.56 Å². The van der Waals surface area contributed by atoms with Gasteiger partial charge in [-0.05, 0) is 36.4 Å². The molecule has 1 saturated heterocycles. The second-order valence-electron chi connectivity index (χ2n) is 6.43. The van der Waals surface area contributed by atoms with E-state index in [1.54, 1.807) is 24.7 Å². The minimum Gasteiger partial charge on any atom is -0.491 e. The van der Waals surface area contributed by atoms with Crippen LogP contribution in [0.4, 0.5) is 0 Å². The van der Waals surface area contributed by atoms with Gasteiger partial charge in [0.05, 0.1) is 24.5 Å². The van der Waals surface area contributed by atoms with Crippen molar-refractivity contribution >= 4 is 39.1 Å². The first-order valence-electron chi connectivity index (χ1n) is 8.65. The molecule has 0 radical (unpaired) electrons. The van der Waals surface area contributed by atoms with Crippen LogP contribution < -0.4 is 4.74 Å². The maximum Gasteiger partial charge on any atom is 0.215 e. The number of hydrogen-bond donors (Lipinski definition) is 0. The number of rotatable bonds is 6. The number of imidazole rings is 1. The number of halogens is 3. The number of nitrogens with zero attached hydrogens (tertiary/aromatic N) is 2. The second kappa shape index (κ2) is 8.43. The van der Waals surface area contributed by atoms with Gasteiger partial charge >= 0.3 is 0 Å². The maximum atomic E-state index is 6.47. The largest absolute Gasteiger partial charge is 0.491 e. The minimum absolute atomic E-state index is 0.251. The van der Waals surface area contributed by atoms with E-state index in [1.165, 1.54) is 0 Å². The van der Waals surface area contributed by atoms with Crippen LogP contribution in [0, 0.1) is 0 Å². The van der Waals surface area contributed by atoms with Crippen molar-refractivity contribution in [3.05, 3.63) is 81.3 Å². The van der Waals surface area contributed by atoms with E-state index in [4.69, 9.17) is 37.4 Å². The summed E-state index contributed by atoms with van der Waals surface area (Å²) < 4.78 is 21.2. The van der Waals surface area contributed by atoms with Crippen molar-refractivity contribution in [2.24, 2.45) is 0 Å². The molecule has 0 aliphatic carbocycles. The highest BCUT2D eigenvalue weighted by atomic mass is 79.9. The van der Waals surface area contributed by atoms with Gasteiger partial charge in [0.15, 0.2) is 0 Å². The topological polar surface area (TPSA) is 45.5 Å². The van der Waals surface area contributed by atoms with Gasteiger partial charge in [0.2, 0.25) is 5.79 Å². The van der Waals surface area contributed by atoms with Crippen molar-refractivity contribution in [1.29, 1.82) is 0 Å². The Labute approximate surface area is 181 Å². The fourth-order valence-corrected chi connectivity index (χ4v) is 3.91. The molecule has 28 heavy (non-hydrogen) atoms. The molecule has 5 nitrogen and oxygen atoms in total. The molecule has 2 atom stereocenters. The summed E-state index contributed by atoms with van der Waals surface area (Å²) in [5.41, 5.74) is 0.721. The van der Waals surface area contributed by atoms with Gasteiger partial charge in [0, 0.05) is 27.5 Å². The summed E-state index contributed by atoms with van der Waals surface area (Å²) >= 11 is 15.9. The van der Waals surface area contributed by atoms with Gasteiger partial charge in [-0.3, -0.25) is 0 Å². The zero-order valence-electron chi connectivity index (χ0n) is 14.7. The highest BCUT2D eigenvalue weighted by molar-refractivity contribution is 9.10. The van der Waals surface area contributed by atoms with Gasteiger partial charge in [0.25, 0.3) is 0 Å². The fourth-order valence-electron chi connectivity index (χ4n) is 3.10. The highest BCUT2D eigenvalue weighted by Crippen LogP contribution is 2.40. The lowest BCUT2D eigenvalue weighted by molar-refractivity contribution is -0.189. The zero-order valence-corrected chi connectivity index (χ0v) is 17.8. The normalized spacial score (nSPS) is 21.8. The number of aromatic nitrogens is 2. The van der Waals surface area contributed by atoms with Crippen LogP contribution in [0.15, 0.2) is 65.7 Å². The molecule has 0 unspecified atom stereocenters. The molecule has 4 rings (SSSR count). The van der Waals surface area contributed by atoms with Crippen LogP contribution in [-0.2, 0) is 21.8 Å². The van der Waals surface area contributed by atoms with Gasteiger partial charge in [-0.25, -0.2) is 4.98 Å². The quantitative estimate of drug-likeness (QED) is 0.477. The van der Waals surface area contributed by atoms with Crippen molar-refractivity contribution < 1.29 is 14.2 Å². The first-order valence-corrected chi connectivity index (χ1v) is 10.2. The molecule has 0 N–H and O–H groups in total. The van der Waals surface area contributed by atoms with Crippen molar-refractivity contribution in [3.63, 3.8) is 0 Å². The molecule has 8 heteroatoms. The highest BCUT2D eigenvalue weighted by Gasteiger charge is 2.45. The van der Waals surface area contributed by atoms with E-state index < -0.39 is 5.79 Å². The SMILES string of the molecule is Clc1ccc([C@]2(Cn3ccnc3)OC[C@@H](COc3ccc(Br)cc3)O2)c(Cl)c1. The molecule has 0 bridgehead atoms. The van der Waals surface area contributed by atoms with Gasteiger partial charge in [-0.1, -0.05) is 45.2 Å². The van der Waals surface area contributed by atoms with E-state index in [0.717, 1.165) is 15.8 Å². The lowest BCUT2D eigenvalue weighted by Crippen LogP contribution is -2.34. The van der Waals surface area contributed by atoms with E-state index in [0.29, 0.717) is 29.8 Å². The van der Waals surface area contributed by atoms with Crippen molar-refractivity contribution in [3.8, 4) is 5.75 Å². The Bertz CT molecular complexity index is 937. The molecule has 1 aliphatic heterocycles. The smallest absolute Gasteiger partial charge is 0.215 e. The van der Waals surface area contributed by atoms with Gasteiger partial charge in [0.1, 0.15) is 18.5 Å². The third kappa shape index (κ3) is 4.36. The Morgan fingerprint density at radius 2 is 2.04 bits per heavy atom. The van der Waals surface area contributed by atoms with Crippen molar-refractivity contribution in [1.82, 2.24) is 9.55 Å². The Morgan fingerprint density at radius 3 is 2.75 bits per heavy atom. The molecule has 0 saturated carbocycles. The molecular formula is C20H17BrCl2N2O3. The van der Waals surface area contributed by atoms with E-state index in [-0.39, 0.29) is 6.10 Å². The Hall–Kier alpha value is -1.57. The van der Waals surface area contributed by atoms with Crippen LogP contribution >= 0.6 is 39.1 Å². The van der Waals surface area contributed by atoms with Gasteiger partial charge < -0.3 is 18.8 Å². The standard InChI is InChI=1S/C20H17BrCl2N2O3/c21-14-1-4-16(5-2-14)26-10-17-11-27-20(28-17,12-25-8-7-24-13-25)18-6-3-15(22)9-19(18)23/h1-9,13,17H,10-12H2/t17-,20-/m1/s1. The Kier molecular flexibility index (Phi) is 5.94. The molecule has 1 fully saturated rings. The van der Waals surface area contributed by atoms with Crippen LogP contribution in [0.5, 0.6) is 5.75 Å². The molecule has 1 aliphatic rings. The maximum absolute atomic E-state index is 6.47. The van der Waals surface area contributed by atoms with Crippen molar-refractivity contribution in [2.45, 2.75) is 18.4 Å². The van der Waals surface area contributed by atoms with Gasteiger partial charge in [-0.15, -0.1) is 0 Å². The molecule has 1 aromatic heterocycles. The summed E-state index contributed by atoms with van der Waals surface area (Å²) in [6.45, 7) is 1.14. The van der Waals surface area contributed by atoms with Crippen LogP contribution in [0.2, 0.25) is 10.0 Å². The predicted octanol–water partition coefficient (Wildman–Crippen LogP) is 5.30. The van der Waals surface area contributed by atoms with Crippen LogP contribution in [-0.4, -0.2) is 28.9 Å². The molecule has 0 spiro atoms. The summed E-state index contributed by atoms with van der Waals surface area (Å²) in [6.07, 6.45) is 5.02. The average Bonchev–Trinajstić information content (AvgIpc) is 3.32. The molecule has 0 amide bonds. The fraction of sp³-hybridized carbons (Fsp3) is 0.250. The number of hydrogen-bond acceptors (Lipinski definition) is 4. The lowest BCUT2D eigenvalue weighted by atomic mass is 10.1. The Balaban J connectivity index is 1.54. The first-order chi connectivity index (χ1) is 13.5. The lowest BCUT2D eigenvalue weighted by Gasteiger charge is -2.30. The Morgan fingerprint density at radius 1 is 1.21 bits per heavy atom. The molecular weight excluding hydrogens is 467 g/mol. The molecule has 146 valence electrons. The predicted molar refractivity (Wildman–Crippen MR) is 111 cm³/mol. The third-order valence-corrected chi connectivity index (χ3v) is 5.48. The summed E-state index contributed by atoms with van der Waals surface area (Å²) in [4.78, 5) is 4.10. The van der Waals surface area contributed by atoms with E-state index in [2.05, 4.69) is 20.9 Å². The summed E-state index contributed by atoms with van der Waals surface area (Å²) in [5, 5.41) is 1.04. The number of benzene rings is 2. The minimum atomic E-state index is -1.05. The zero-order chi connectivity index (χ0) is 19.6. The first kappa shape index (κ1) is 19.7. The van der Waals surface area contributed by atoms with Crippen LogP contribution in [0.25, 0.3) is 0 Å².